The molecule has 0 aliphatic heterocycles. The van der Waals surface area contributed by atoms with Gasteiger partial charge in [-0.3, -0.25) is 0 Å². The quantitative estimate of drug-likeness (QED) is 0.885. The molecule has 0 bridgehead atoms. The van der Waals surface area contributed by atoms with E-state index in [1.807, 2.05) is 16.8 Å². The number of nitrogens with zero attached hydrogens (tertiary/aromatic N) is 1. The van der Waals surface area contributed by atoms with E-state index in [2.05, 4.69) is 35.6 Å². The zero-order valence-electron chi connectivity index (χ0n) is 8.91. The number of hydrogen-bond acceptors (Lipinski definition) is 4. The molecule has 0 fully saturated rings. The molecule has 2 nitrogen and oxygen atoms in total. The minimum absolute atomic E-state index is 0.861. The molecule has 0 saturated carbocycles. The van der Waals surface area contributed by atoms with Crippen LogP contribution in [-0.4, -0.2) is 4.98 Å². The second-order valence-corrected chi connectivity index (χ2v) is 5.59. The molecule has 15 heavy (non-hydrogen) atoms. The van der Waals surface area contributed by atoms with Gasteiger partial charge in [0.25, 0.3) is 0 Å². The average molecular weight is 238 g/mol. The molecule has 80 valence electrons. The van der Waals surface area contributed by atoms with E-state index in [1.165, 1.54) is 15.3 Å². The average Bonchev–Trinajstić information content (AvgIpc) is 2.79. The molecule has 0 aliphatic rings. The number of nitrogens with one attached hydrogen (secondary N) is 1. The van der Waals surface area contributed by atoms with Gasteiger partial charge in [-0.25, -0.2) is 4.98 Å². The first-order valence-electron chi connectivity index (χ1n) is 4.89. The molecule has 2 aromatic rings. The van der Waals surface area contributed by atoms with Crippen molar-refractivity contribution in [1.29, 1.82) is 0 Å². The zero-order chi connectivity index (χ0) is 10.7. The highest BCUT2D eigenvalue weighted by atomic mass is 32.1. The van der Waals surface area contributed by atoms with E-state index in [1.54, 1.807) is 11.3 Å². The number of thiophene rings is 1. The summed E-state index contributed by atoms with van der Waals surface area (Å²) in [4.78, 5) is 7.05. The first kappa shape index (κ1) is 10.8. The SMILES string of the molecule is Cc1cc(CNCc2cscn2)sc1C. The number of aryl methyl sites for hydroxylation is 2. The lowest BCUT2D eigenvalue weighted by Crippen LogP contribution is -2.11. The summed E-state index contributed by atoms with van der Waals surface area (Å²) in [6, 6.07) is 2.26. The van der Waals surface area contributed by atoms with Gasteiger partial charge >= 0.3 is 0 Å². The highest BCUT2D eigenvalue weighted by Crippen LogP contribution is 2.20. The van der Waals surface area contributed by atoms with Crippen LogP contribution in [0.1, 0.15) is 21.0 Å². The summed E-state index contributed by atoms with van der Waals surface area (Å²) in [5.41, 5.74) is 4.40. The summed E-state index contributed by atoms with van der Waals surface area (Å²) in [5, 5.41) is 5.48. The smallest absolute Gasteiger partial charge is 0.0795 e. The molecule has 0 unspecified atom stereocenters. The molecule has 0 amide bonds. The third-order valence-electron chi connectivity index (χ3n) is 2.31. The molecule has 0 spiro atoms. The van der Waals surface area contributed by atoms with Crippen LogP contribution in [0, 0.1) is 13.8 Å². The van der Waals surface area contributed by atoms with Crippen molar-refractivity contribution in [3.63, 3.8) is 0 Å². The fraction of sp³-hybridized carbons (Fsp3) is 0.364. The van der Waals surface area contributed by atoms with Crippen LogP contribution in [0.25, 0.3) is 0 Å². The molecule has 0 saturated heterocycles. The fourth-order valence-corrected chi connectivity index (χ4v) is 2.96. The van der Waals surface area contributed by atoms with Gasteiger partial charge in [0.15, 0.2) is 0 Å². The largest absolute Gasteiger partial charge is 0.306 e. The Hall–Kier alpha value is -0.710. The molecule has 2 heterocycles. The fourth-order valence-electron chi connectivity index (χ4n) is 1.38. The van der Waals surface area contributed by atoms with Crippen molar-refractivity contribution in [2.24, 2.45) is 0 Å². The second kappa shape index (κ2) is 4.88. The summed E-state index contributed by atoms with van der Waals surface area (Å²) < 4.78 is 0. The van der Waals surface area contributed by atoms with E-state index in [4.69, 9.17) is 0 Å². The second-order valence-electron chi connectivity index (χ2n) is 3.54. The predicted octanol–water partition coefficient (Wildman–Crippen LogP) is 3.11. The van der Waals surface area contributed by atoms with Crippen LogP contribution in [0.5, 0.6) is 0 Å². The monoisotopic (exact) mass is 238 g/mol. The van der Waals surface area contributed by atoms with Crippen molar-refractivity contribution < 1.29 is 0 Å². The Morgan fingerprint density at radius 3 is 2.80 bits per heavy atom. The van der Waals surface area contributed by atoms with Gasteiger partial charge in [-0.2, -0.15) is 0 Å². The third kappa shape index (κ3) is 2.87. The van der Waals surface area contributed by atoms with Gasteiger partial charge in [-0.1, -0.05) is 0 Å². The Balaban J connectivity index is 1.83. The maximum Gasteiger partial charge on any atom is 0.0795 e. The Labute approximate surface area is 98.0 Å². The Kier molecular flexibility index (Phi) is 3.51. The summed E-state index contributed by atoms with van der Waals surface area (Å²) >= 11 is 3.52. The lowest BCUT2D eigenvalue weighted by atomic mass is 10.3. The van der Waals surface area contributed by atoms with Gasteiger partial charge in [-0.05, 0) is 25.5 Å². The Bertz CT molecular complexity index is 398. The first-order valence-corrected chi connectivity index (χ1v) is 6.65. The molecule has 0 radical (unpaired) electrons. The van der Waals surface area contributed by atoms with Crippen molar-refractivity contribution in [2.75, 3.05) is 0 Å². The summed E-state index contributed by atoms with van der Waals surface area (Å²) in [7, 11) is 0. The van der Waals surface area contributed by atoms with Crippen molar-refractivity contribution in [3.05, 3.63) is 38.0 Å². The van der Waals surface area contributed by atoms with Crippen molar-refractivity contribution >= 4 is 22.7 Å². The molecular weight excluding hydrogens is 224 g/mol. The van der Waals surface area contributed by atoms with Gasteiger partial charge in [0, 0.05) is 28.2 Å². The lowest BCUT2D eigenvalue weighted by Gasteiger charge is -1.99. The summed E-state index contributed by atoms with van der Waals surface area (Å²) in [6.45, 7) is 6.13. The molecule has 2 rings (SSSR count). The van der Waals surface area contributed by atoms with E-state index >= 15 is 0 Å². The highest BCUT2D eigenvalue weighted by Gasteiger charge is 2.01. The van der Waals surface area contributed by atoms with E-state index in [-0.39, 0.29) is 0 Å². The van der Waals surface area contributed by atoms with Crippen molar-refractivity contribution in [1.82, 2.24) is 10.3 Å². The summed E-state index contributed by atoms with van der Waals surface area (Å²) in [6.07, 6.45) is 0. The normalized spacial score (nSPS) is 10.8. The van der Waals surface area contributed by atoms with E-state index in [0.717, 1.165) is 18.8 Å². The van der Waals surface area contributed by atoms with E-state index in [9.17, 15) is 0 Å². The maximum atomic E-state index is 4.23. The topological polar surface area (TPSA) is 24.9 Å². The van der Waals surface area contributed by atoms with Crippen LogP contribution in [0.15, 0.2) is 17.0 Å². The summed E-state index contributed by atoms with van der Waals surface area (Å²) in [5.74, 6) is 0. The Morgan fingerprint density at radius 1 is 1.33 bits per heavy atom. The van der Waals surface area contributed by atoms with Crippen LogP contribution in [0.4, 0.5) is 0 Å². The number of thiazole rings is 1. The molecule has 0 aliphatic carbocycles. The number of hydrogen-bond donors (Lipinski definition) is 1. The van der Waals surface area contributed by atoms with Crippen LogP contribution in [0.2, 0.25) is 0 Å². The molecular formula is C11H14N2S2. The van der Waals surface area contributed by atoms with Crippen molar-refractivity contribution in [2.45, 2.75) is 26.9 Å². The minimum Gasteiger partial charge on any atom is -0.306 e. The molecule has 0 atom stereocenters. The minimum atomic E-state index is 0.861. The first-order chi connectivity index (χ1) is 7.25. The van der Waals surface area contributed by atoms with Gasteiger partial charge < -0.3 is 5.32 Å². The molecule has 1 N–H and O–H groups in total. The van der Waals surface area contributed by atoms with Crippen LogP contribution in [-0.2, 0) is 13.1 Å². The van der Waals surface area contributed by atoms with Gasteiger partial charge in [0.1, 0.15) is 0 Å². The third-order valence-corrected chi connectivity index (χ3v) is 4.09. The van der Waals surface area contributed by atoms with Gasteiger partial charge in [0.05, 0.1) is 11.2 Å². The number of aromatic nitrogens is 1. The predicted molar refractivity (Wildman–Crippen MR) is 66.5 cm³/mol. The standard InChI is InChI=1S/C11H14N2S2/c1-8-3-11(15-9(8)2)5-12-4-10-6-14-7-13-10/h3,6-7,12H,4-5H2,1-2H3. The van der Waals surface area contributed by atoms with Crippen molar-refractivity contribution in [3.8, 4) is 0 Å². The van der Waals surface area contributed by atoms with Crippen LogP contribution >= 0.6 is 22.7 Å². The molecule has 0 aromatic carbocycles. The molecule has 4 heteroatoms. The maximum absolute atomic E-state index is 4.23. The van der Waals surface area contributed by atoms with Gasteiger partial charge in [0.2, 0.25) is 0 Å². The van der Waals surface area contributed by atoms with Gasteiger partial charge in [-0.15, -0.1) is 22.7 Å². The van der Waals surface area contributed by atoms with Crippen LogP contribution < -0.4 is 5.32 Å². The lowest BCUT2D eigenvalue weighted by molar-refractivity contribution is 0.689. The molecule has 2 aromatic heterocycles. The number of rotatable bonds is 4. The van der Waals surface area contributed by atoms with E-state index < -0.39 is 0 Å². The highest BCUT2D eigenvalue weighted by molar-refractivity contribution is 7.12. The zero-order valence-corrected chi connectivity index (χ0v) is 10.5. The van der Waals surface area contributed by atoms with E-state index in [0.29, 0.717) is 0 Å². The Morgan fingerprint density at radius 2 is 2.20 bits per heavy atom. The van der Waals surface area contributed by atoms with Crippen LogP contribution in [0.3, 0.4) is 0 Å².